The van der Waals surface area contributed by atoms with Crippen molar-refractivity contribution >= 4 is 5.91 Å². The Kier molecular flexibility index (Phi) is 3.99. The molecule has 3 rings (SSSR count). The van der Waals surface area contributed by atoms with E-state index in [2.05, 4.69) is 4.98 Å². The number of hydrogen-bond donors (Lipinski definition) is 1. The SMILES string of the molecule is NC(=O)c1ccc(Oc2cccc(C3OCCO3)c2F)cn1. The predicted molar refractivity (Wildman–Crippen MR) is 73.9 cm³/mol. The molecule has 114 valence electrons. The van der Waals surface area contributed by atoms with E-state index in [0.29, 0.717) is 13.2 Å². The van der Waals surface area contributed by atoms with Crippen LogP contribution in [0, 0.1) is 5.82 Å². The molecule has 7 heteroatoms. The predicted octanol–water partition coefficient (Wildman–Crippen LogP) is 2.16. The molecular weight excluding hydrogens is 291 g/mol. The van der Waals surface area contributed by atoms with Crippen LogP contribution in [-0.2, 0) is 9.47 Å². The summed E-state index contributed by atoms with van der Waals surface area (Å²) >= 11 is 0. The Balaban J connectivity index is 1.82. The molecule has 0 radical (unpaired) electrons. The van der Waals surface area contributed by atoms with Gasteiger partial charge in [-0.1, -0.05) is 12.1 Å². The van der Waals surface area contributed by atoms with Gasteiger partial charge in [-0.05, 0) is 18.2 Å². The Morgan fingerprint density at radius 3 is 2.68 bits per heavy atom. The number of nitrogens with two attached hydrogens (primary N) is 1. The standard InChI is InChI=1S/C15H13FN2O4/c16-13-10(15-20-6-7-21-15)2-1-3-12(13)22-9-4-5-11(14(17)19)18-8-9/h1-5,8,15H,6-7H2,(H2,17,19). The molecule has 1 aromatic heterocycles. The monoisotopic (exact) mass is 304 g/mol. The van der Waals surface area contributed by atoms with Gasteiger partial charge in [-0.2, -0.15) is 0 Å². The van der Waals surface area contributed by atoms with Gasteiger partial charge in [0.2, 0.25) is 0 Å². The summed E-state index contributed by atoms with van der Waals surface area (Å²) < 4.78 is 30.5. The molecular formula is C15H13FN2O4. The van der Waals surface area contributed by atoms with E-state index in [1.807, 2.05) is 0 Å². The van der Waals surface area contributed by atoms with Crippen molar-refractivity contribution in [3.05, 3.63) is 53.6 Å². The summed E-state index contributed by atoms with van der Waals surface area (Å²) in [6.45, 7) is 0.849. The van der Waals surface area contributed by atoms with Crippen molar-refractivity contribution in [1.29, 1.82) is 0 Å². The van der Waals surface area contributed by atoms with Gasteiger partial charge in [-0.15, -0.1) is 0 Å². The first-order valence-electron chi connectivity index (χ1n) is 6.60. The van der Waals surface area contributed by atoms with Crippen LogP contribution in [0.5, 0.6) is 11.5 Å². The Morgan fingerprint density at radius 2 is 2.05 bits per heavy atom. The Labute approximate surface area is 125 Å². The van der Waals surface area contributed by atoms with E-state index in [-0.39, 0.29) is 22.8 Å². The second kappa shape index (κ2) is 6.08. The third-order valence-corrected chi connectivity index (χ3v) is 3.09. The van der Waals surface area contributed by atoms with Gasteiger partial charge in [0.05, 0.1) is 19.4 Å². The zero-order valence-corrected chi connectivity index (χ0v) is 11.5. The van der Waals surface area contributed by atoms with Crippen molar-refractivity contribution in [3.63, 3.8) is 0 Å². The van der Waals surface area contributed by atoms with Gasteiger partial charge < -0.3 is 19.9 Å². The summed E-state index contributed by atoms with van der Waals surface area (Å²) in [7, 11) is 0. The van der Waals surface area contributed by atoms with Crippen molar-refractivity contribution < 1.29 is 23.4 Å². The van der Waals surface area contributed by atoms with Crippen LogP contribution in [0.1, 0.15) is 22.3 Å². The highest BCUT2D eigenvalue weighted by molar-refractivity contribution is 5.90. The molecule has 1 saturated heterocycles. The Bertz CT molecular complexity index is 684. The number of amides is 1. The van der Waals surface area contributed by atoms with Crippen molar-refractivity contribution in [1.82, 2.24) is 4.98 Å². The van der Waals surface area contributed by atoms with Gasteiger partial charge in [-0.3, -0.25) is 4.79 Å². The topological polar surface area (TPSA) is 83.7 Å². The van der Waals surface area contributed by atoms with Crippen LogP contribution in [0.2, 0.25) is 0 Å². The molecule has 0 atom stereocenters. The smallest absolute Gasteiger partial charge is 0.267 e. The third kappa shape index (κ3) is 2.90. The van der Waals surface area contributed by atoms with Gasteiger partial charge in [-0.25, -0.2) is 9.37 Å². The molecule has 1 aliphatic heterocycles. The highest BCUT2D eigenvalue weighted by Crippen LogP contribution is 2.32. The van der Waals surface area contributed by atoms with Gasteiger partial charge in [0.1, 0.15) is 11.4 Å². The van der Waals surface area contributed by atoms with Crippen LogP contribution >= 0.6 is 0 Å². The van der Waals surface area contributed by atoms with Gasteiger partial charge >= 0.3 is 0 Å². The van der Waals surface area contributed by atoms with E-state index in [0.717, 1.165) is 0 Å². The maximum Gasteiger partial charge on any atom is 0.267 e. The Hall–Kier alpha value is -2.51. The van der Waals surface area contributed by atoms with Crippen LogP contribution in [0.3, 0.4) is 0 Å². The van der Waals surface area contributed by atoms with Gasteiger partial charge in [0, 0.05) is 5.56 Å². The normalized spacial score (nSPS) is 15.0. The minimum atomic E-state index is -0.723. The number of halogens is 1. The van der Waals surface area contributed by atoms with E-state index >= 15 is 0 Å². The number of nitrogens with zero attached hydrogens (tertiary/aromatic N) is 1. The molecule has 0 aliphatic carbocycles. The molecule has 0 unspecified atom stereocenters. The lowest BCUT2D eigenvalue weighted by Crippen LogP contribution is -2.12. The van der Waals surface area contributed by atoms with E-state index in [9.17, 15) is 9.18 Å². The minimum absolute atomic E-state index is 0.0187. The van der Waals surface area contributed by atoms with Crippen molar-refractivity contribution in [3.8, 4) is 11.5 Å². The fourth-order valence-corrected chi connectivity index (χ4v) is 2.04. The number of ether oxygens (including phenoxy) is 3. The minimum Gasteiger partial charge on any atom is -0.453 e. The Morgan fingerprint density at radius 1 is 1.27 bits per heavy atom. The number of primary amides is 1. The van der Waals surface area contributed by atoms with E-state index in [1.54, 1.807) is 12.1 Å². The highest BCUT2D eigenvalue weighted by Gasteiger charge is 2.23. The molecule has 0 saturated carbocycles. The van der Waals surface area contributed by atoms with E-state index in [4.69, 9.17) is 19.9 Å². The molecule has 0 spiro atoms. The molecule has 1 amide bonds. The molecule has 2 N–H and O–H groups in total. The summed E-state index contributed by atoms with van der Waals surface area (Å²) in [5.41, 5.74) is 5.48. The van der Waals surface area contributed by atoms with Crippen molar-refractivity contribution in [2.24, 2.45) is 5.73 Å². The first-order valence-corrected chi connectivity index (χ1v) is 6.60. The molecule has 6 nitrogen and oxygen atoms in total. The quantitative estimate of drug-likeness (QED) is 0.935. The average molecular weight is 304 g/mol. The second-order valence-electron chi connectivity index (χ2n) is 4.58. The third-order valence-electron chi connectivity index (χ3n) is 3.09. The van der Waals surface area contributed by atoms with Gasteiger partial charge in [0.15, 0.2) is 17.9 Å². The largest absolute Gasteiger partial charge is 0.453 e. The molecule has 1 aliphatic rings. The number of benzene rings is 1. The van der Waals surface area contributed by atoms with Crippen molar-refractivity contribution in [2.75, 3.05) is 13.2 Å². The summed E-state index contributed by atoms with van der Waals surface area (Å²) in [6, 6.07) is 7.59. The van der Waals surface area contributed by atoms with E-state index < -0.39 is 18.0 Å². The number of carbonyl (C=O) groups excluding carboxylic acids is 1. The molecule has 2 aromatic rings. The van der Waals surface area contributed by atoms with E-state index in [1.165, 1.54) is 24.4 Å². The first-order chi connectivity index (χ1) is 10.6. The first kappa shape index (κ1) is 14.4. The number of rotatable bonds is 4. The fraction of sp³-hybridized carbons (Fsp3) is 0.200. The van der Waals surface area contributed by atoms with Crippen LogP contribution in [-0.4, -0.2) is 24.1 Å². The lowest BCUT2D eigenvalue weighted by Gasteiger charge is -2.13. The van der Waals surface area contributed by atoms with Crippen LogP contribution in [0.15, 0.2) is 36.5 Å². The number of pyridine rings is 1. The van der Waals surface area contributed by atoms with Crippen LogP contribution in [0.25, 0.3) is 0 Å². The second-order valence-corrected chi connectivity index (χ2v) is 4.58. The lowest BCUT2D eigenvalue weighted by molar-refractivity contribution is -0.0466. The molecule has 22 heavy (non-hydrogen) atoms. The lowest BCUT2D eigenvalue weighted by atomic mass is 10.2. The molecule has 0 bridgehead atoms. The summed E-state index contributed by atoms with van der Waals surface area (Å²) in [6.07, 6.45) is 0.577. The van der Waals surface area contributed by atoms with Crippen LogP contribution < -0.4 is 10.5 Å². The number of carbonyl (C=O) groups is 1. The van der Waals surface area contributed by atoms with Crippen molar-refractivity contribution in [2.45, 2.75) is 6.29 Å². The number of hydrogen-bond acceptors (Lipinski definition) is 5. The maximum absolute atomic E-state index is 14.4. The summed E-state index contributed by atoms with van der Waals surface area (Å²) in [5, 5.41) is 0. The zero-order chi connectivity index (χ0) is 15.5. The maximum atomic E-state index is 14.4. The average Bonchev–Trinajstić information content (AvgIpc) is 3.04. The molecule has 1 fully saturated rings. The molecule has 1 aromatic carbocycles. The van der Waals surface area contributed by atoms with Crippen LogP contribution in [0.4, 0.5) is 4.39 Å². The highest BCUT2D eigenvalue weighted by atomic mass is 19.1. The van der Waals surface area contributed by atoms with Gasteiger partial charge in [0.25, 0.3) is 5.91 Å². The zero-order valence-electron chi connectivity index (χ0n) is 11.5. The fourth-order valence-electron chi connectivity index (χ4n) is 2.04. The number of aromatic nitrogens is 1. The summed E-state index contributed by atoms with van der Waals surface area (Å²) in [4.78, 5) is 14.8. The summed E-state index contributed by atoms with van der Waals surface area (Å²) in [5.74, 6) is -0.900. The molecule has 2 heterocycles.